The number of nitrogens with one attached hydrogen (secondary N) is 1. The first-order valence-electron chi connectivity index (χ1n) is 8.79. The van der Waals surface area contributed by atoms with Crippen LogP contribution < -0.4 is 14.4 Å². The minimum Gasteiger partial charge on any atom is -0.492 e. The van der Waals surface area contributed by atoms with E-state index in [2.05, 4.69) is 5.32 Å². The Morgan fingerprint density at radius 3 is 2.52 bits per heavy atom. The van der Waals surface area contributed by atoms with Gasteiger partial charge >= 0.3 is 0 Å². The van der Waals surface area contributed by atoms with Crippen molar-refractivity contribution < 1.29 is 17.9 Å². The van der Waals surface area contributed by atoms with Crippen LogP contribution in [0, 0.1) is 13.8 Å². The van der Waals surface area contributed by atoms with Crippen molar-refractivity contribution in [1.29, 1.82) is 0 Å². The van der Waals surface area contributed by atoms with E-state index >= 15 is 0 Å². The van der Waals surface area contributed by atoms with Crippen LogP contribution in [0.3, 0.4) is 0 Å². The maximum absolute atomic E-state index is 12.4. The zero-order valence-corrected chi connectivity index (χ0v) is 17.0. The summed E-state index contributed by atoms with van der Waals surface area (Å²) in [4.78, 5) is 12.4. The fourth-order valence-electron chi connectivity index (χ4n) is 2.72. The molecular formula is C20H26N2O4S. The number of amides is 1. The molecule has 0 spiro atoms. The average Bonchev–Trinajstić information content (AvgIpc) is 2.59. The molecule has 1 N–H and O–H groups in total. The van der Waals surface area contributed by atoms with Gasteiger partial charge in [0.25, 0.3) is 0 Å². The fraction of sp³-hybridized carbons (Fsp3) is 0.350. The predicted molar refractivity (Wildman–Crippen MR) is 109 cm³/mol. The molecule has 0 fully saturated rings. The molecule has 0 aliphatic heterocycles. The zero-order chi connectivity index (χ0) is 20.0. The number of sulfonamides is 1. The molecule has 0 heterocycles. The lowest BCUT2D eigenvalue weighted by Crippen LogP contribution is -2.33. The number of nitrogens with zero attached hydrogens (tertiary/aromatic N) is 1. The molecule has 0 unspecified atom stereocenters. The molecule has 146 valence electrons. The van der Waals surface area contributed by atoms with E-state index in [4.69, 9.17) is 4.74 Å². The van der Waals surface area contributed by atoms with Crippen LogP contribution in [0.4, 0.5) is 11.4 Å². The Labute approximate surface area is 161 Å². The van der Waals surface area contributed by atoms with E-state index in [9.17, 15) is 13.2 Å². The lowest BCUT2D eigenvalue weighted by atomic mass is 10.1. The van der Waals surface area contributed by atoms with E-state index in [-0.39, 0.29) is 18.9 Å². The minimum absolute atomic E-state index is 0.0287. The van der Waals surface area contributed by atoms with Gasteiger partial charge in [0, 0.05) is 13.0 Å². The molecule has 0 radical (unpaired) electrons. The van der Waals surface area contributed by atoms with Crippen molar-refractivity contribution in [2.75, 3.05) is 29.0 Å². The van der Waals surface area contributed by atoms with Crippen molar-refractivity contribution in [2.45, 2.75) is 27.2 Å². The Bertz CT molecular complexity index is 910. The highest BCUT2D eigenvalue weighted by Gasteiger charge is 2.20. The van der Waals surface area contributed by atoms with Crippen LogP contribution in [0.25, 0.3) is 0 Å². The van der Waals surface area contributed by atoms with E-state index in [1.54, 1.807) is 18.2 Å². The third kappa shape index (κ3) is 5.72. The molecule has 7 heteroatoms. The molecule has 0 aliphatic rings. The number of benzene rings is 2. The van der Waals surface area contributed by atoms with Crippen LogP contribution in [0.15, 0.2) is 42.5 Å². The Hall–Kier alpha value is -2.54. The summed E-state index contributed by atoms with van der Waals surface area (Å²) >= 11 is 0. The summed E-state index contributed by atoms with van der Waals surface area (Å²) in [6.45, 7) is 6.17. The molecular weight excluding hydrogens is 364 g/mol. The summed E-state index contributed by atoms with van der Waals surface area (Å²) in [6.07, 6.45) is 1.18. The molecule has 0 atom stereocenters. The lowest BCUT2D eigenvalue weighted by molar-refractivity contribution is -0.116. The van der Waals surface area contributed by atoms with Gasteiger partial charge in [-0.3, -0.25) is 9.10 Å². The molecule has 27 heavy (non-hydrogen) atoms. The molecule has 0 aromatic heterocycles. The maximum atomic E-state index is 12.4. The fourth-order valence-corrected chi connectivity index (χ4v) is 3.70. The largest absolute Gasteiger partial charge is 0.492 e. The van der Waals surface area contributed by atoms with Gasteiger partial charge in [0.1, 0.15) is 5.75 Å². The number of ether oxygens (including phenoxy) is 1. The maximum Gasteiger partial charge on any atom is 0.232 e. The Morgan fingerprint density at radius 1 is 1.15 bits per heavy atom. The summed E-state index contributed by atoms with van der Waals surface area (Å²) < 4.78 is 31.3. The molecule has 0 saturated carbocycles. The van der Waals surface area contributed by atoms with Gasteiger partial charge in [-0.25, -0.2) is 8.42 Å². The summed E-state index contributed by atoms with van der Waals surface area (Å²) in [5.74, 6) is 0.309. The second-order valence-corrected chi connectivity index (χ2v) is 8.26. The smallest absolute Gasteiger partial charge is 0.232 e. The topological polar surface area (TPSA) is 75.7 Å². The van der Waals surface area contributed by atoms with E-state index < -0.39 is 10.0 Å². The van der Waals surface area contributed by atoms with Crippen LogP contribution in [-0.2, 0) is 14.8 Å². The number of anilines is 2. The summed E-state index contributed by atoms with van der Waals surface area (Å²) in [6, 6.07) is 12.8. The highest BCUT2D eigenvalue weighted by Crippen LogP contribution is 2.26. The first kappa shape index (κ1) is 20.8. The van der Waals surface area contributed by atoms with Crippen molar-refractivity contribution in [2.24, 2.45) is 0 Å². The van der Waals surface area contributed by atoms with E-state index in [0.717, 1.165) is 17.4 Å². The monoisotopic (exact) mass is 390 g/mol. The van der Waals surface area contributed by atoms with Crippen LogP contribution in [0.5, 0.6) is 5.75 Å². The van der Waals surface area contributed by atoms with Gasteiger partial charge in [-0.2, -0.15) is 0 Å². The summed E-state index contributed by atoms with van der Waals surface area (Å²) in [5, 5.41) is 2.79. The third-order valence-electron chi connectivity index (χ3n) is 4.04. The first-order chi connectivity index (χ1) is 12.7. The van der Waals surface area contributed by atoms with Crippen molar-refractivity contribution in [1.82, 2.24) is 0 Å². The average molecular weight is 391 g/mol. The van der Waals surface area contributed by atoms with Crippen LogP contribution in [0.1, 0.15) is 24.5 Å². The molecule has 2 rings (SSSR count). The first-order valence-corrected chi connectivity index (χ1v) is 10.6. The zero-order valence-electron chi connectivity index (χ0n) is 16.2. The second-order valence-electron chi connectivity index (χ2n) is 6.35. The van der Waals surface area contributed by atoms with E-state index in [1.807, 2.05) is 45.0 Å². The van der Waals surface area contributed by atoms with Crippen LogP contribution in [-0.4, -0.2) is 33.7 Å². The van der Waals surface area contributed by atoms with Crippen LogP contribution >= 0.6 is 0 Å². The molecule has 0 saturated heterocycles. The number of aryl methyl sites for hydroxylation is 2. The highest BCUT2D eigenvalue weighted by atomic mass is 32.2. The summed E-state index contributed by atoms with van der Waals surface area (Å²) in [7, 11) is -3.51. The van der Waals surface area contributed by atoms with Gasteiger partial charge in [0.15, 0.2) is 0 Å². The van der Waals surface area contributed by atoms with Gasteiger partial charge in [-0.15, -0.1) is 0 Å². The molecule has 2 aromatic carbocycles. The van der Waals surface area contributed by atoms with Crippen molar-refractivity contribution in [3.8, 4) is 5.75 Å². The highest BCUT2D eigenvalue weighted by molar-refractivity contribution is 7.92. The molecule has 2 aromatic rings. The number of para-hydroxylation sites is 2. The summed E-state index contributed by atoms with van der Waals surface area (Å²) in [5.41, 5.74) is 2.97. The van der Waals surface area contributed by atoms with E-state index in [0.29, 0.717) is 23.7 Å². The Kier molecular flexibility index (Phi) is 6.85. The van der Waals surface area contributed by atoms with Crippen LogP contribution in [0.2, 0.25) is 0 Å². The Balaban J connectivity index is 2.14. The lowest BCUT2D eigenvalue weighted by Gasteiger charge is -2.24. The molecule has 0 bridgehead atoms. The number of hydrogen-bond donors (Lipinski definition) is 1. The number of rotatable bonds is 8. The predicted octanol–water partition coefficient (Wildman–Crippen LogP) is 3.50. The normalized spacial score (nSPS) is 11.1. The van der Waals surface area contributed by atoms with Crippen molar-refractivity contribution in [3.05, 3.63) is 53.6 Å². The second kappa shape index (κ2) is 8.90. The quantitative estimate of drug-likeness (QED) is 0.749. The van der Waals surface area contributed by atoms with E-state index in [1.165, 1.54) is 4.31 Å². The van der Waals surface area contributed by atoms with Gasteiger partial charge in [-0.05, 0) is 50.1 Å². The number of carbonyl (C=O) groups excluding carboxylic acids is 1. The molecule has 6 nitrogen and oxygen atoms in total. The molecule has 1 amide bonds. The van der Waals surface area contributed by atoms with Gasteiger partial charge in [0.05, 0.1) is 24.2 Å². The van der Waals surface area contributed by atoms with Crippen molar-refractivity contribution in [3.63, 3.8) is 0 Å². The molecule has 0 aliphatic carbocycles. The SMILES string of the molecule is CCOc1ccccc1NC(=O)CCN(c1cc(C)ccc1C)S(C)(=O)=O. The minimum atomic E-state index is -3.51. The van der Waals surface area contributed by atoms with Gasteiger partial charge in [-0.1, -0.05) is 24.3 Å². The third-order valence-corrected chi connectivity index (χ3v) is 5.22. The van der Waals surface area contributed by atoms with Crippen molar-refractivity contribution >= 4 is 27.3 Å². The number of hydrogen-bond acceptors (Lipinski definition) is 4. The van der Waals surface area contributed by atoms with Gasteiger partial charge < -0.3 is 10.1 Å². The number of carbonyl (C=O) groups is 1. The standard InChI is InChI=1S/C20H26N2O4S/c1-5-26-19-9-7-6-8-17(19)21-20(23)12-13-22(27(4,24)25)18-14-15(2)10-11-16(18)3/h6-11,14H,5,12-13H2,1-4H3,(H,21,23). The Morgan fingerprint density at radius 2 is 1.85 bits per heavy atom. The van der Waals surface area contributed by atoms with Gasteiger partial charge in [0.2, 0.25) is 15.9 Å².